The van der Waals surface area contributed by atoms with E-state index in [9.17, 15) is 4.79 Å². The Balaban J connectivity index is 2.08. The van der Waals surface area contributed by atoms with Crippen LogP contribution in [0.5, 0.6) is 5.75 Å². The van der Waals surface area contributed by atoms with E-state index in [1.54, 1.807) is 18.1 Å². The third kappa shape index (κ3) is 2.71. The molecule has 4 heteroatoms. The molecule has 1 aliphatic rings. The molecule has 18 heavy (non-hydrogen) atoms. The zero-order valence-corrected chi connectivity index (χ0v) is 10.6. The highest BCUT2D eigenvalue weighted by molar-refractivity contribution is 5.92. The van der Waals surface area contributed by atoms with Crippen molar-refractivity contribution < 1.29 is 14.6 Å². The molecule has 2 rings (SSSR count). The average Bonchev–Trinajstić information content (AvgIpc) is 2.32. The Hall–Kier alpha value is -1.81. The first-order valence-electron chi connectivity index (χ1n) is 5.90. The van der Waals surface area contributed by atoms with E-state index in [1.165, 1.54) is 6.08 Å². The zero-order valence-electron chi connectivity index (χ0n) is 10.6. The van der Waals surface area contributed by atoms with E-state index in [1.807, 2.05) is 25.1 Å². The standard InChI is InChI=1S/C14H17NO3/c1-10-3-5-13(18-2)11(7-10)4-6-14(17)15-8-12(16)9-15/h3-7,12,16H,8-9H2,1-2H3/b6-4+. The summed E-state index contributed by atoms with van der Waals surface area (Å²) < 4.78 is 5.23. The average molecular weight is 247 g/mol. The molecule has 1 aromatic rings. The minimum absolute atomic E-state index is 0.0798. The normalized spacial score (nSPS) is 15.8. The van der Waals surface area contributed by atoms with Gasteiger partial charge in [0.25, 0.3) is 0 Å². The van der Waals surface area contributed by atoms with Gasteiger partial charge in [0.15, 0.2) is 0 Å². The maximum Gasteiger partial charge on any atom is 0.246 e. The molecular weight excluding hydrogens is 230 g/mol. The maximum absolute atomic E-state index is 11.7. The number of rotatable bonds is 3. The van der Waals surface area contributed by atoms with Crippen LogP contribution >= 0.6 is 0 Å². The van der Waals surface area contributed by atoms with Gasteiger partial charge in [-0.15, -0.1) is 0 Å². The highest BCUT2D eigenvalue weighted by Crippen LogP contribution is 2.21. The summed E-state index contributed by atoms with van der Waals surface area (Å²) in [6.45, 7) is 2.84. The van der Waals surface area contributed by atoms with Crippen molar-refractivity contribution in [2.75, 3.05) is 20.2 Å². The summed E-state index contributed by atoms with van der Waals surface area (Å²) in [5.74, 6) is 0.664. The Morgan fingerprint density at radius 2 is 2.22 bits per heavy atom. The lowest BCUT2D eigenvalue weighted by Crippen LogP contribution is -2.52. The summed E-state index contributed by atoms with van der Waals surface area (Å²) in [5, 5.41) is 9.13. The Bertz CT molecular complexity index is 476. The van der Waals surface area contributed by atoms with Crippen molar-refractivity contribution in [3.63, 3.8) is 0 Å². The number of carbonyl (C=O) groups excluding carboxylic acids is 1. The van der Waals surface area contributed by atoms with Gasteiger partial charge in [0.2, 0.25) is 5.91 Å². The monoisotopic (exact) mass is 247 g/mol. The Morgan fingerprint density at radius 1 is 1.50 bits per heavy atom. The first-order chi connectivity index (χ1) is 8.60. The number of ether oxygens (including phenoxy) is 1. The van der Waals surface area contributed by atoms with Crippen LogP contribution in [0, 0.1) is 6.92 Å². The first-order valence-corrected chi connectivity index (χ1v) is 5.90. The van der Waals surface area contributed by atoms with Gasteiger partial charge in [-0.2, -0.15) is 0 Å². The fourth-order valence-corrected chi connectivity index (χ4v) is 1.89. The minimum atomic E-state index is -0.365. The number of hydrogen-bond acceptors (Lipinski definition) is 3. The second-order valence-electron chi connectivity index (χ2n) is 4.48. The number of methoxy groups -OCH3 is 1. The van der Waals surface area contributed by atoms with Gasteiger partial charge in [0.05, 0.1) is 13.2 Å². The van der Waals surface area contributed by atoms with Gasteiger partial charge in [0.1, 0.15) is 5.75 Å². The fraction of sp³-hybridized carbons (Fsp3) is 0.357. The van der Waals surface area contributed by atoms with Crippen molar-refractivity contribution in [3.05, 3.63) is 35.4 Å². The van der Waals surface area contributed by atoms with Gasteiger partial charge in [-0.1, -0.05) is 11.6 Å². The summed E-state index contributed by atoms with van der Waals surface area (Å²) in [4.78, 5) is 13.3. The highest BCUT2D eigenvalue weighted by atomic mass is 16.5. The lowest BCUT2D eigenvalue weighted by molar-refractivity contribution is -0.135. The summed E-state index contributed by atoms with van der Waals surface area (Å²) in [7, 11) is 1.61. The number of aliphatic hydroxyl groups excluding tert-OH is 1. The smallest absolute Gasteiger partial charge is 0.246 e. The quantitative estimate of drug-likeness (QED) is 0.817. The van der Waals surface area contributed by atoms with E-state index in [0.29, 0.717) is 13.1 Å². The van der Waals surface area contributed by atoms with Crippen LogP contribution in [0.25, 0.3) is 6.08 Å². The molecule has 0 aliphatic carbocycles. The molecule has 1 fully saturated rings. The van der Waals surface area contributed by atoms with Crippen LogP contribution in [0.2, 0.25) is 0 Å². The van der Waals surface area contributed by atoms with Crippen LogP contribution in [-0.2, 0) is 4.79 Å². The molecule has 1 heterocycles. The van der Waals surface area contributed by atoms with E-state index in [0.717, 1.165) is 16.9 Å². The summed E-state index contributed by atoms with van der Waals surface area (Å²) in [5.41, 5.74) is 1.99. The molecule has 1 aromatic carbocycles. The van der Waals surface area contributed by atoms with Gasteiger partial charge >= 0.3 is 0 Å². The van der Waals surface area contributed by atoms with Crippen LogP contribution < -0.4 is 4.74 Å². The van der Waals surface area contributed by atoms with Crippen molar-refractivity contribution >= 4 is 12.0 Å². The molecule has 1 aliphatic heterocycles. The van der Waals surface area contributed by atoms with Crippen LogP contribution in [-0.4, -0.2) is 42.2 Å². The molecular formula is C14H17NO3. The SMILES string of the molecule is COc1ccc(C)cc1/C=C/C(=O)N1CC(O)C1. The summed E-state index contributed by atoms with van der Waals surface area (Å²) >= 11 is 0. The number of likely N-dealkylation sites (tertiary alicyclic amines) is 1. The van der Waals surface area contributed by atoms with Gasteiger partial charge in [-0.3, -0.25) is 4.79 Å². The van der Waals surface area contributed by atoms with E-state index >= 15 is 0 Å². The van der Waals surface area contributed by atoms with E-state index in [4.69, 9.17) is 9.84 Å². The second-order valence-corrected chi connectivity index (χ2v) is 4.48. The Kier molecular flexibility index (Phi) is 3.67. The fourth-order valence-electron chi connectivity index (χ4n) is 1.89. The third-order valence-corrected chi connectivity index (χ3v) is 2.96. The lowest BCUT2D eigenvalue weighted by Gasteiger charge is -2.34. The summed E-state index contributed by atoms with van der Waals surface area (Å²) in [6, 6.07) is 5.81. The Morgan fingerprint density at radius 3 is 2.83 bits per heavy atom. The molecule has 0 aromatic heterocycles. The van der Waals surface area contributed by atoms with E-state index < -0.39 is 0 Å². The lowest BCUT2D eigenvalue weighted by atomic mass is 10.1. The van der Waals surface area contributed by atoms with E-state index in [2.05, 4.69) is 0 Å². The molecule has 0 unspecified atom stereocenters. The molecule has 1 amide bonds. The van der Waals surface area contributed by atoms with Crippen LogP contribution in [0.4, 0.5) is 0 Å². The number of carbonyl (C=O) groups is 1. The molecule has 0 radical (unpaired) electrons. The van der Waals surface area contributed by atoms with Gasteiger partial charge < -0.3 is 14.7 Å². The van der Waals surface area contributed by atoms with Crippen molar-refractivity contribution in [2.45, 2.75) is 13.0 Å². The number of β-amino-alcohol motifs (C(OH)–C–C–N with tert-alkyl or cyclic N) is 1. The molecule has 1 saturated heterocycles. The molecule has 96 valence electrons. The molecule has 0 atom stereocenters. The van der Waals surface area contributed by atoms with Crippen molar-refractivity contribution in [1.29, 1.82) is 0 Å². The Labute approximate surface area is 106 Å². The van der Waals surface area contributed by atoms with Crippen LogP contribution in [0.3, 0.4) is 0 Å². The number of hydrogen-bond donors (Lipinski definition) is 1. The van der Waals surface area contributed by atoms with Gasteiger partial charge in [0, 0.05) is 24.7 Å². The number of nitrogens with zero attached hydrogens (tertiary/aromatic N) is 1. The predicted molar refractivity (Wildman–Crippen MR) is 69.4 cm³/mol. The minimum Gasteiger partial charge on any atom is -0.496 e. The molecule has 0 spiro atoms. The number of aryl methyl sites for hydroxylation is 1. The van der Waals surface area contributed by atoms with E-state index in [-0.39, 0.29) is 12.0 Å². The van der Waals surface area contributed by atoms with Crippen molar-refractivity contribution in [1.82, 2.24) is 4.90 Å². The third-order valence-electron chi connectivity index (χ3n) is 2.96. The van der Waals surface area contributed by atoms with Gasteiger partial charge in [-0.25, -0.2) is 0 Å². The largest absolute Gasteiger partial charge is 0.496 e. The molecule has 4 nitrogen and oxygen atoms in total. The van der Waals surface area contributed by atoms with Crippen molar-refractivity contribution in [2.24, 2.45) is 0 Å². The highest BCUT2D eigenvalue weighted by Gasteiger charge is 2.27. The summed E-state index contributed by atoms with van der Waals surface area (Å²) in [6.07, 6.45) is 2.90. The molecule has 0 bridgehead atoms. The molecule has 0 saturated carbocycles. The number of amides is 1. The van der Waals surface area contributed by atoms with Gasteiger partial charge in [-0.05, 0) is 25.1 Å². The maximum atomic E-state index is 11.7. The predicted octanol–water partition coefficient (Wildman–Crippen LogP) is 1.22. The number of benzene rings is 1. The molecule has 1 N–H and O–H groups in total. The van der Waals surface area contributed by atoms with Crippen LogP contribution in [0.15, 0.2) is 24.3 Å². The van der Waals surface area contributed by atoms with Crippen LogP contribution in [0.1, 0.15) is 11.1 Å². The van der Waals surface area contributed by atoms with Crippen molar-refractivity contribution in [3.8, 4) is 5.75 Å². The zero-order chi connectivity index (χ0) is 13.1. The second kappa shape index (κ2) is 5.23. The number of aliphatic hydroxyl groups is 1. The first kappa shape index (κ1) is 12.6. The topological polar surface area (TPSA) is 49.8 Å².